The molecule has 0 radical (unpaired) electrons. The third kappa shape index (κ3) is 3.73. The first-order valence-corrected chi connectivity index (χ1v) is 6.85. The van der Waals surface area contributed by atoms with Crippen molar-refractivity contribution >= 4 is 5.69 Å². The highest BCUT2D eigenvalue weighted by molar-refractivity contribution is 5.41. The minimum atomic E-state index is -0.412. The summed E-state index contributed by atoms with van der Waals surface area (Å²) in [6, 6.07) is 11.7. The van der Waals surface area contributed by atoms with Gasteiger partial charge in [-0.15, -0.1) is 0 Å². The van der Waals surface area contributed by atoms with Gasteiger partial charge in [0.15, 0.2) is 11.5 Å². The van der Waals surface area contributed by atoms with Gasteiger partial charge in [0.25, 0.3) is 5.69 Å². The predicted molar refractivity (Wildman–Crippen MR) is 83.0 cm³/mol. The molecule has 0 aliphatic carbocycles. The Labute approximate surface area is 128 Å². The zero-order valence-corrected chi connectivity index (χ0v) is 12.4. The van der Waals surface area contributed by atoms with E-state index in [1.807, 2.05) is 13.0 Å². The molecule has 0 amide bonds. The van der Waals surface area contributed by atoms with Crippen LogP contribution in [0.5, 0.6) is 11.5 Å². The Balaban J connectivity index is 2.00. The van der Waals surface area contributed by atoms with E-state index in [1.165, 1.54) is 19.2 Å². The molecule has 1 unspecified atom stereocenters. The Kier molecular flexibility index (Phi) is 4.95. The standard InChI is InChI=1S/C16H18N2O4/c1-11(13-4-6-14(7-5-13)18(20)21)17-10-12-3-8-15(19)16(9-12)22-2/h3-9,11,17,19H,10H2,1-2H3. The van der Waals surface area contributed by atoms with Crippen molar-refractivity contribution in [2.24, 2.45) is 0 Å². The molecule has 1 atom stereocenters. The Morgan fingerprint density at radius 3 is 2.55 bits per heavy atom. The van der Waals surface area contributed by atoms with Crippen LogP contribution in [0.1, 0.15) is 24.1 Å². The van der Waals surface area contributed by atoms with Crippen LogP contribution in [-0.4, -0.2) is 17.1 Å². The summed E-state index contributed by atoms with van der Waals surface area (Å²) in [5.41, 5.74) is 2.03. The number of nitro groups is 1. The van der Waals surface area contributed by atoms with Crippen LogP contribution >= 0.6 is 0 Å². The molecule has 0 saturated heterocycles. The van der Waals surface area contributed by atoms with E-state index < -0.39 is 4.92 Å². The number of hydrogen-bond acceptors (Lipinski definition) is 5. The van der Waals surface area contributed by atoms with Crippen molar-refractivity contribution < 1.29 is 14.8 Å². The van der Waals surface area contributed by atoms with Gasteiger partial charge in [-0.1, -0.05) is 18.2 Å². The summed E-state index contributed by atoms with van der Waals surface area (Å²) in [5, 5.41) is 23.5. The number of methoxy groups -OCH3 is 1. The minimum Gasteiger partial charge on any atom is -0.504 e. The molecule has 116 valence electrons. The van der Waals surface area contributed by atoms with Gasteiger partial charge in [0, 0.05) is 24.7 Å². The Morgan fingerprint density at radius 1 is 1.27 bits per heavy atom. The van der Waals surface area contributed by atoms with Crippen molar-refractivity contribution in [1.29, 1.82) is 0 Å². The fourth-order valence-corrected chi connectivity index (χ4v) is 2.11. The molecule has 0 aliphatic rings. The van der Waals surface area contributed by atoms with Crippen LogP contribution in [0.15, 0.2) is 42.5 Å². The molecule has 2 rings (SSSR count). The number of benzene rings is 2. The summed E-state index contributed by atoms with van der Waals surface area (Å²) in [6.07, 6.45) is 0. The zero-order chi connectivity index (χ0) is 16.1. The highest BCUT2D eigenvalue weighted by Gasteiger charge is 2.09. The number of ether oxygens (including phenoxy) is 1. The van der Waals surface area contributed by atoms with E-state index in [1.54, 1.807) is 24.3 Å². The number of phenolic OH excluding ortho intramolecular Hbond substituents is 1. The molecule has 0 heterocycles. The average Bonchev–Trinajstić information content (AvgIpc) is 2.53. The van der Waals surface area contributed by atoms with E-state index in [0.29, 0.717) is 12.3 Å². The van der Waals surface area contributed by atoms with Crippen LogP contribution in [0.4, 0.5) is 5.69 Å². The number of nitrogens with zero attached hydrogens (tertiary/aromatic N) is 1. The Hall–Kier alpha value is -2.60. The number of aromatic hydroxyl groups is 1. The number of hydrogen-bond donors (Lipinski definition) is 2. The van der Waals surface area contributed by atoms with Crippen molar-refractivity contribution in [3.8, 4) is 11.5 Å². The molecule has 6 heteroatoms. The van der Waals surface area contributed by atoms with Crippen molar-refractivity contribution in [3.63, 3.8) is 0 Å². The van der Waals surface area contributed by atoms with E-state index in [0.717, 1.165) is 11.1 Å². The Morgan fingerprint density at radius 2 is 1.95 bits per heavy atom. The molecule has 2 N–H and O–H groups in total. The summed E-state index contributed by atoms with van der Waals surface area (Å²) in [5.74, 6) is 0.539. The molecular weight excluding hydrogens is 284 g/mol. The molecule has 2 aromatic rings. The maximum Gasteiger partial charge on any atom is 0.269 e. The van der Waals surface area contributed by atoms with Gasteiger partial charge < -0.3 is 15.2 Å². The van der Waals surface area contributed by atoms with Crippen molar-refractivity contribution in [3.05, 3.63) is 63.7 Å². The van der Waals surface area contributed by atoms with Crippen LogP contribution in [0.25, 0.3) is 0 Å². The highest BCUT2D eigenvalue weighted by atomic mass is 16.6. The monoisotopic (exact) mass is 302 g/mol. The van der Waals surface area contributed by atoms with Crippen LogP contribution in [-0.2, 0) is 6.54 Å². The third-order valence-corrected chi connectivity index (χ3v) is 3.46. The van der Waals surface area contributed by atoms with Crippen LogP contribution < -0.4 is 10.1 Å². The summed E-state index contributed by atoms with van der Waals surface area (Å²) >= 11 is 0. The van der Waals surface area contributed by atoms with E-state index in [-0.39, 0.29) is 17.5 Å². The molecule has 0 fully saturated rings. The molecule has 0 saturated carbocycles. The zero-order valence-electron chi connectivity index (χ0n) is 12.4. The van der Waals surface area contributed by atoms with Crippen LogP contribution in [0.2, 0.25) is 0 Å². The molecule has 0 spiro atoms. The molecule has 0 bridgehead atoms. The summed E-state index contributed by atoms with van der Waals surface area (Å²) in [4.78, 5) is 10.2. The quantitative estimate of drug-likeness (QED) is 0.632. The summed E-state index contributed by atoms with van der Waals surface area (Å²) in [6.45, 7) is 2.58. The van der Waals surface area contributed by atoms with Crippen LogP contribution in [0.3, 0.4) is 0 Å². The summed E-state index contributed by atoms with van der Waals surface area (Å²) < 4.78 is 5.07. The van der Waals surface area contributed by atoms with Crippen molar-refractivity contribution in [2.75, 3.05) is 7.11 Å². The second-order valence-corrected chi connectivity index (χ2v) is 4.96. The van der Waals surface area contributed by atoms with Gasteiger partial charge in [0.1, 0.15) is 0 Å². The summed E-state index contributed by atoms with van der Waals surface area (Å²) in [7, 11) is 1.51. The van der Waals surface area contributed by atoms with Gasteiger partial charge >= 0.3 is 0 Å². The smallest absolute Gasteiger partial charge is 0.269 e. The van der Waals surface area contributed by atoms with E-state index in [9.17, 15) is 15.2 Å². The molecule has 2 aromatic carbocycles. The molecule has 0 aliphatic heterocycles. The van der Waals surface area contributed by atoms with Gasteiger partial charge in [-0.2, -0.15) is 0 Å². The molecule has 22 heavy (non-hydrogen) atoms. The lowest BCUT2D eigenvalue weighted by Crippen LogP contribution is -2.18. The van der Waals surface area contributed by atoms with Gasteiger partial charge in [0.05, 0.1) is 12.0 Å². The SMILES string of the molecule is COc1cc(CNC(C)c2ccc([N+](=O)[O-])cc2)ccc1O. The number of nitrogens with one attached hydrogen (secondary N) is 1. The van der Waals surface area contributed by atoms with Gasteiger partial charge in [-0.3, -0.25) is 10.1 Å². The van der Waals surface area contributed by atoms with Crippen LogP contribution in [0, 0.1) is 10.1 Å². The average molecular weight is 302 g/mol. The second-order valence-electron chi connectivity index (χ2n) is 4.96. The Bertz CT molecular complexity index is 656. The first-order valence-electron chi connectivity index (χ1n) is 6.85. The fraction of sp³-hybridized carbons (Fsp3) is 0.250. The first kappa shape index (κ1) is 15.8. The van der Waals surface area contributed by atoms with Gasteiger partial charge in [0.2, 0.25) is 0 Å². The van der Waals surface area contributed by atoms with Crippen molar-refractivity contribution in [2.45, 2.75) is 19.5 Å². The maximum absolute atomic E-state index is 10.6. The van der Waals surface area contributed by atoms with Gasteiger partial charge in [-0.25, -0.2) is 0 Å². The van der Waals surface area contributed by atoms with E-state index >= 15 is 0 Å². The molecular formula is C16H18N2O4. The predicted octanol–water partition coefficient (Wildman–Crippen LogP) is 3.16. The number of rotatable bonds is 6. The van der Waals surface area contributed by atoms with E-state index in [2.05, 4.69) is 5.32 Å². The van der Waals surface area contributed by atoms with E-state index in [4.69, 9.17) is 4.74 Å². The number of nitro benzene ring substituents is 1. The molecule has 0 aromatic heterocycles. The normalized spacial score (nSPS) is 11.9. The first-order chi connectivity index (χ1) is 10.5. The third-order valence-electron chi connectivity index (χ3n) is 3.46. The molecule has 6 nitrogen and oxygen atoms in total. The number of phenols is 1. The highest BCUT2D eigenvalue weighted by Crippen LogP contribution is 2.26. The largest absolute Gasteiger partial charge is 0.504 e. The maximum atomic E-state index is 10.6. The number of non-ortho nitro benzene ring substituents is 1. The lowest BCUT2D eigenvalue weighted by atomic mass is 10.1. The fourth-order valence-electron chi connectivity index (χ4n) is 2.11. The lowest BCUT2D eigenvalue weighted by Gasteiger charge is -2.15. The second kappa shape index (κ2) is 6.91. The lowest BCUT2D eigenvalue weighted by molar-refractivity contribution is -0.384. The van der Waals surface area contributed by atoms with Gasteiger partial charge in [-0.05, 0) is 30.2 Å². The minimum absolute atomic E-state index is 0.0422. The topological polar surface area (TPSA) is 84.6 Å². The van der Waals surface area contributed by atoms with Crippen molar-refractivity contribution in [1.82, 2.24) is 5.32 Å².